The van der Waals surface area contributed by atoms with Crippen molar-refractivity contribution in [3.8, 4) is 0 Å². The number of H-pyrrole nitrogens is 1. The maximum Gasteiger partial charge on any atom is 0.303 e. The standard InChI is InChI=1S/C10H15N3O3/c1-7(2-3-9(14)15)4-12-10(16)8-5-11-6-13-8/h5-7H,2-4H2,1H3,(H,11,13)(H,12,16)(H,14,15). The van der Waals surface area contributed by atoms with Crippen molar-refractivity contribution in [2.45, 2.75) is 19.8 Å². The normalized spacial score (nSPS) is 12.1. The van der Waals surface area contributed by atoms with Crippen molar-refractivity contribution in [2.24, 2.45) is 5.92 Å². The molecule has 0 fully saturated rings. The number of nitrogens with zero attached hydrogens (tertiary/aromatic N) is 1. The molecule has 0 spiro atoms. The lowest BCUT2D eigenvalue weighted by molar-refractivity contribution is -0.137. The van der Waals surface area contributed by atoms with Gasteiger partial charge in [-0.3, -0.25) is 9.59 Å². The third-order valence-electron chi connectivity index (χ3n) is 2.20. The summed E-state index contributed by atoms with van der Waals surface area (Å²) in [5, 5.41) is 11.2. The van der Waals surface area contributed by atoms with E-state index in [0.717, 1.165) is 0 Å². The molecule has 16 heavy (non-hydrogen) atoms. The number of imidazole rings is 1. The fraction of sp³-hybridized carbons (Fsp3) is 0.500. The summed E-state index contributed by atoms with van der Waals surface area (Å²) in [6.45, 7) is 2.36. The molecule has 88 valence electrons. The lowest BCUT2D eigenvalue weighted by Crippen LogP contribution is -2.28. The third-order valence-corrected chi connectivity index (χ3v) is 2.20. The van der Waals surface area contributed by atoms with Gasteiger partial charge in [-0.05, 0) is 12.3 Å². The van der Waals surface area contributed by atoms with Crippen LogP contribution < -0.4 is 5.32 Å². The average Bonchev–Trinajstić information content (AvgIpc) is 2.76. The van der Waals surface area contributed by atoms with Crippen LogP contribution >= 0.6 is 0 Å². The van der Waals surface area contributed by atoms with Crippen LogP contribution in [0.1, 0.15) is 30.3 Å². The summed E-state index contributed by atoms with van der Waals surface area (Å²) in [5.41, 5.74) is 0.408. The fourth-order valence-corrected chi connectivity index (χ4v) is 1.21. The van der Waals surface area contributed by atoms with Crippen molar-refractivity contribution in [3.05, 3.63) is 18.2 Å². The lowest BCUT2D eigenvalue weighted by Gasteiger charge is -2.10. The molecule has 0 radical (unpaired) electrons. The first-order valence-electron chi connectivity index (χ1n) is 5.08. The highest BCUT2D eigenvalue weighted by Crippen LogP contribution is 2.04. The number of carboxylic acids is 1. The fourth-order valence-electron chi connectivity index (χ4n) is 1.21. The first-order chi connectivity index (χ1) is 7.59. The number of hydrogen-bond donors (Lipinski definition) is 3. The molecule has 1 aromatic rings. The molecule has 6 nitrogen and oxygen atoms in total. The van der Waals surface area contributed by atoms with Crippen molar-refractivity contribution >= 4 is 11.9 Å². The average molecular weight is 225 g/mol. The lowest BCUT2D eigenvalue weighted by atomic mass is 10.1. The smallest absolute Gasteiger partial charge is 0.303 e. The molecule has 1 unspecified atom stereocenters. The number of carboxylic acid groups (broad SMARTS) is 1. The van der Waals surface area contributed by atoms with Crippen LogP contribution in [0.2, 0.25) is 0 Å². The molecule has 1 atom stereocenters. The van der Waals surface area contributed by atoms with E-state index in [9.17, 15) is 9.59 Å². The quantitative estimate of drug-likeness (QED) is 0.662. The summed E-state index contributed by atoms with van der Waals surface area (Å²) in [6.07, 6.45) is 3.56. The van der Waals surface area contributed by atoms with E-state index >= 15 is 0 Å². The van der Waals surface area contributed by atoms with Gasteiger partial charge in [-0.15, -0.1) is 0 Å². The Bertz CT molecular complexity index is 348. The van der Waals surface area contributed by atoms with E-state index in [4.69, 9.17) is 5.11 Å². The number of nitrogens with one attached hydrogen (secondary N) is 2. The van der Waals surface area contributed by atoms with Crippen LogP contribution in [0.25, 0.3) is 0 Å². The Labute approximate surface area is 93.1 Å². The molecule has 0 aliphatic rings. The molecule has 0 aliphatic carbocycles. The van der Waals surface area contributed by atoms with Crippen molar-refractivity contribution in [3.63, 3.8) is 0 Å². The molecule has 1 aromatic heterocycles. The SMILES string of the molecule is CC(CCC(=O)O)CNC(=O)c1cnc[nH]1. The number of rotatable bonds is 6. The van der Waals surface area contributed by atoms with E-state index in [1.165, 1.54) is 12.5 Å². The van der Waals surface area contributed by atoms with Gasteiger partial charge < -0.3 is 15.4 Å². The Hall–Kier alpha value is -1.85. The zero-order valence-corrected chi connectivity index (χ0v) is 9.06. The van der Waals surface area contributed by atoms with Gasteiger partial charge in [0, 0.05) is 13.0 Å². The minimum Gasteiger partial charge on any atom is -0.481 e. The molecule has 1 amide bonds. The van der Waals surface area contributed by atoms with E-state index < -0.39 is 5.97 Å². The second-order valence-corrected chi connectivity index (χ2v) is 3.71. The number of hydrogen-bond acceptors (Lipinski definition) is 3. The van der Waals surface area contributed by atoms with Gasteiger partial charge in [0.15, 0.2) is 0 Å². The third kappa shape index (κ3) is 4.12. The summed E-state index contributed by atoms with van der Waals surface area (Å²) >= 11 is 0. The van der Waals surface area contributed by atoms with E-state index in [2.05, 4.69) is 15.3 Å². The predicted molar refractivity (Wildman–Crippen MR) is 57.0 cm³/mol. The molecule has 3 N–H and O–H groups in total. The van der Waals surface area contributed by atoms with Crippen LogP contribution in [0.5, 0.6) is 0 Å². The van der Waals surface area contributed by atoms with Crippen molar-refractivity contribution in [2.75, 3.05) is 6.54 Å². The zero-order valence-electron chi connectivity index (χ0n) is 9.06. The van der Waals surface area contributed by atoms with E-state index in [1.54, 1.807) is 0 Å². The minimum atomic E-state index is -0.813. The van der Waals surface area contributed by atoms with E-state index in [-0.39, 0.29) is 18.2 Å². The van der Waals surface area contributed by atoms with Crippen LogP contribution in [0.15, 0.2) is 12.5 Å². The largest absolute Gasteiger partial charge is 0.481 e. The van der Waals surface area contributed by atoms with Crippen LogP contribution in [-0.4, -0.2) is 33.5 Å². The van der Waals surface area contributed by atoms with Gasteiger partial charge in [0.05, 0.1) is 12.5 Å². The van der Waals surface area contributed by atoms with Crippen molar-refractivity contribution in [1.29, 1.82) is 0 Å². The summed E-state index contributed by atoms with van der Waals surface area (Å²) in [5.74, 6) is -0.894. The highest BCUT2D eigenvalue weighted by molar-refractivity contribution is 5.91. The Morgan fingerprint density at radius 1 is 1.62 bits per heavy atom. The molecule has 0 saturated heterocycles. The monoisotopic (exact) mass is 225 g/mol. The van der Waals surface area contributed by atoms with Gasteiger partial charge in [0.1, 0.15) is 5.69 Å². The Morgan fingerprint density at radius 2 is 2.38 bits per heavy atom. The van der Waals surface area contributed by atoms with E-state index in [1.807, 2.05) is 6.92 Å². The number of aliphatic carboxylic acids is 1. The van der Waals surface area contributed by atoms with Crippen LogP contribution in [0.4, 0.5) is 0 Å². The Balaban J connectivity index is 2.24. The topological polar surface area (TPSA) is 95.1 Å². The summed E-state index contributed by atoms with van der Waals surface area (Å²) in [4.78, 5) is 28.2. The second-order valence-electron chi connectivity index (χ2n) is 3.71. The number of carbonyl (C=O) groups is 2. The first-order valence-corrected chi connectivity index (χ1v) is 5.08. The molecular formula is C10H15N3O3. The number of aromatic nitrogens is 2. The first kappa shape index (κ1) is 12.2. The van der Waals surface area contributed by atoms with Gasteiger partial charge >= 0.3 is 5.97 Å². The molecule has 1 heterocycles. The second kappa shape index (κ2) is 5.89. The number of aromatic amines is 1. The van der Waals surface area contributed by atoms with Crippen LogP contribution in [0.3, 0.4) is 0 Å². The Kier molecular flexibility index (Phi) is 4.50. The Morgan fingerprint density at radius 3 is 2.94 bits per heavy atom. The van der Waals surface area contributed by atoms with E-state index in [0.29, 0.717) is 18.7 Å². The molecular weight excluding hydrogens is 210 g/mol. The van der Waals surface area contributed by atoms with Gasteiger partial charge in [-0.1, -0.05) is 6.92 Å². The molecule has 0 aliphatic heterocycles. The molecule has 6 heteroatoms. The number of amides is 1. The zero-order chi connectivity index (χ0) is 12.0. The van der Waals surface area contributed by atoms with Gasteiger partial charge in [0.2, 0.25) is 0 Å². The minimum absolute atomic E-state index is 0.126. The molecule has 0 aromatic carbocycles. The summed E-state index contributed by atoms with van der Waals surface area (Å²) in [7, 11) is 0. The van der Waals surface area contributed by atoms with Gasteiger partial charge in [-0.2, -0.15) is 0 Å². The summed E-state index contributed by atoms with van der Waals surface area (Å²) < 4.78 is 0. The van der Waals surface area contributed by atoms with Gasteiger partial charge in [0.25, 0.3) is 5.91 Å². The molecule has 1 rings (SSSR count). The number of carbonyl (C=O) groups excluding carboxylic acids is 1. The highest BCUT2D eigenvalue weighted by atomic mass is 16.4. The highest BCUT2D eigenvalue weighted by Gasteiger charge is 2.09. The predicted octanol–water partition coefficient (Wildman–Crippen LogP) is 0.640. The summed E-state index contributed by atoms with van der Waals surface area (Å²) in [6, 6.07) is 0. The van der Waals surface area contributed by atoms with Gasteiger partial charge in [-0.25, -0.2) is 4.98 Å². The van der Waals surface area contributed by atoms with Crippen molar-refractivity contribution < 1.29 is 14.7 Å². The van der Waals surface area contributed by atoms with Crippen LogP contribution in [-0.2, 0) is 4.79 Å². The van der Waals surface area contributed by atoms with Crippen LogP contribution in [0, 0.1) is 5.92 Å². The molecule has 0 saturated carbocycles. The van der Waals surface area contributed by atoms with Crippen molar-refractivity contribution in [1.82, 2.24) is 15.3 Å². The molecule has 0 bridgehead atoms. The maximum atomic E-state index is 11.4. The maximum absolute atomic E-state index is 11.4.